The average molecular weight is 416 g/mol. The number of carbonyl (C=O) groups is 3. The highest BCUT2D eigenvalue weighted by molar-refractivity contribution is 6.20. The van der Waals surface area contributed by atoms with Crippen molar-refractivity contribution < 1.29 is 23.9 Å². The molecule has 164 valence electrons. The molecular formula is C24H33NO5. The molecular weight excluding hydrogens is 382 g/mol. The van der Waals surface area contributed by atoms with E-state index in [0.717, 1.165) is 43.4 Å². The van der Waals surface area contributed by atoms with Crippen molar-refractivity contribution in [3.8, 4) is 0 Å². The monoisotopic (exact) mass is 415 g/mol. The summed E-state index contributed by atoms with van der Waals surface area (Å²) >= 11 is 0. The maximum absolute atomic E-state index is 12.2. The molecule has 0 saturated carbocycles. The van der Waals surface area contributed by atoms with E-state index < -0.39 is 17.5 Å². The lowest BCUT2D eigenvalue weighted by Gasteiger charge is -2.13. The van der Waals surface area contributed by atoms with E-state index in [1.807, 2.05) is 6.92 Å². The van der Waals surface area contributed by atoms with Gasteiger partial charge in [-0.05, 0) is 53.4 Å². The molecule has 0 bridgehead atoms. The number of rotatable bonds is 12. The van der Waals surface area contributed by atoms with Crippen LogP contribution in [0.5, 0.6) is 0 Å². The van der Waals surface area contributed by atoms with Crippen molar-refractivity contribution in [1.29, 1.82) is 0 Å². The molecule has 30 heavy (non-hydrogen) atoms. The van der Waals surface area contributed by atoms with Gasteiger partial charge in [0, 0.05) is 25.3 Å². The maximum atomic E-state index is 12.2. The topological polar surface area (TPSA) is 81.7 Å². The number of hydrogen-bond acceptors (Lipinski definition) is 5. The molecule has 1 aliphatic rings. The van der Waals surface area contributed by atoms with Crippen molar-refractivity contribution in [3.63, 3.8) is 0 Å². The fraction of sp³-hybridized carbons (Fsp3) is 0.458. The summed E-state index contributed by atoms with van der Waals surface area (Å²) in [5.74, 6) is -1.42. The zero-order chi connectivity index (χ0) is 22.5. The Bertz CT molecular complexity index is 792. The molecule has 0 saturated heterocycles. The second-order valence-electron chi connectivity index (χ2n) is 7.53. The van der Waals surface area contributed by atoms with Crippen LogP contribution in [0.15, 0.2) is 58.6 Å². The molecule has 0 heterocycles. The Hall–Kier alpha value is -2.73. The van der Waals surface area contributed by atoms with E-state index >= 15 is 0 Å². The van der Waals surface area contributed by atoms with E-state index in [1.165, 1.54) is 24.3 Å². The number of nitrogens with one attached hydrogen (secondary N) is 1. The summed E-state index contributed by atoms with van der Waals surface area (Å²) in [6.07, 6.45) is 11.7. The molecule has 1 aliphatic carbocycles. The van der Waals surface area contributed by atoms with E-state index in [1.54, 1.807) is 0 Å². The highest BCUT2D eigenvalue weighted by atomic mass is 16.5. The fourth-order valence-corrected chi connectivity index (χ4v) is 2.69. The van der Waals surface area contributed by atoms with Gasteiger partial charge in [0.15, 0.2) is 5.76 Å². The molecule has 0 unspecified atom stereocenters. The zero-order valence-electron chi connectivity index (χ0n) is 18.7. The summed E-state index contributed by atoms with van der Waals surface area (Å²) in [6.45, 7) is 8.65. The van der Waals surface area contributed by atoms with Crippen LogP contribution in [0.3, 0.4) is 0 Å². The third-order valence-corrected chi connectivity index (χ3v) is 4.35. The molecule has 6 nitrogen and oxygen atoms in total. The van der Waals surface area contributed by atoms with E-state index in [-0.39, 0.29) is 18.1 Å². The highest BCUT2D eigenvalue weighted by Crippen LogP contribution is 2.13. The van der Waals surface area contributed by atoms with Gasteiger partial charge in [-0.25, -0.2) is 0 Å². The Morgan fingerprint density at radius 1 is 0.933 bits per heavy atom. The van der Waals surface area contributed by atoms with Gasteiger partial charge in [-0.1, -0.05) is 28.9 Å². The summed E-state index contributed by atoms with van der Waals surface area (Å²) < 4.78 is 10.1. The van der Waals surface area contributed by atoms with Crippen LogP contribution in [0.25, 0.3) is 0 Å². The van der Waals surface area contributed by atoms with Gasteiger partial charge in [0.05, 0.1) is 12.3 Å². The van der Waals surface area contributed by atoms with Crippen molar-refractivity contribution in [2.24, 2.45) is 0 Å². The Balaban J connectivity index is 2.51. The van der Waals surface area contributed by atoms with Crippen LogP contribution in [0.4, 0.5) is 0 Å². The van der Waals surface area contributed by atoms with E-state index in [9.17, 15) is 14.4 Å². The number of amides is 1. The van der Waals surface area contributed by atoms with Crippen molar-refractivity contribution in [2.45, 2.75) is 53.4 Å². The lowest BCUT2D eigenvalue weighted by atomic mass is 10.1. The molecule has 0 fully saturated rings. The minimum absolute atomic E-state index is 0.0477. The number of hydrogen-bond donors (Lipinski definition) is 1. The molecule has 0 aromatic heterocycles. The second kappa shape index (κ2) is 13.5. The number of carbonyl (C=O) groups excluding carboxylic acids is 3. The van der Waals surface area contributed by atoms with Crippen LogP contribution < -0.4 is 5.32 Å². The highest BCUT2D eigenvalue weighted by Gasteiger charge is 2.22. The normalized spacial score (nSPS) is 14.8. The van der Waals surface area contributed by atoms with Crippen molar-refractivity contribution in [3.05, 3.63) is 58.6 Å². The minimum Gasteiger partial charge on any atom is -0.487 e. The van der Waals surface area contributed by atoms with E-state index in [2.05, 4.69) is 38.2 Å². The molecule has 1 rings (SSSR count). The Kier molecular flexibility index (Phi) is 11.4. The van der Waals surface area contributed by atoms with Gasteiger partial charge in [0.25, 0.3) is 0 Å². The molecule has 0 atom stereocenters. The summed E-state index contributed by atoms with van der Waals surface area (Å²) in [7, 11) is 1.51. The summed E-state index contributed by atoms with van der Waals surface area (Å²) in [4.78, 5) is 36.3. The van der Waals surface area contributed by atoms with E-state index in [4.69, 9.17) is 9.47 Å². The third-order valence-electron chi connectivity index (χ3n) is 4.35. The van der Waals surface area contributed by atoms with Gasteiger partial charge in [-0.2, -0.15) is 0 Å². The number of methoxy groups -OCH3 is 1. The van der Waals surface area contributed by atoms with Crippen LogP contribution >= 0.6 is 0 Å². The zero-order valence-corrected chi connectivity index (χ0v) is 18.7. The van der Waals surface area contributed by atoms with Crippen LogP contribution in [0.2, 0.25) is 0 Å². The first-order chi connectivity index (χ1) is 14.2. The Labute approximate surface area is 179 Å². The number of allylic oxidation sites excluding steroid dienone is 7. The van der Waals surface area contributed by atoms with Gasteiger partial charge >= 0.3 is 0 Å². The Morgan fingerprint density at radius 2 is 1.60 bits per heavy atom. The largest absolute Gasteiger partial charge is 0.487 e. The molecule has 6 heteroatoms. The molecule has 0 radical (unpaired) electrons. The van der Waals surface area contributed by atoms with Crippen LogP contribution in [-0.4, -0.2) is 37.8 Å². The predicted octanol–water partition coefficient (Wildman–Crippen LogP) is 4.10. The number of ketones is 2. The van der Waals surface area contributed by atoms with Crippen molar-refractivity contribution in [1.82, 2.24) is 5.32 Å². The molecule has 0 aromatic carbocycles. The van der Waals surface area contributed by atoms with Gasteiger partial charge in [-0.15, -0.1) is 0 Å². The summed E-state index contributed by atoms with van der Waals surface area (Å²) in [5.41, 5.74) is 3.50. The molecule has 1 amide bonds. The minimum atomic E-state index is -0.476. The first-order valence-electron chi connectivity index (χ1n) is 10.1. The van der Waals surface area contributed by atoms with Crippen molar-refractivity contribution in [2.75, 3.05) is 20.3 Å². The van der Waals surface area contributed by atoms with Crippen LogP contribution in [0, 0.1) is 0 Å². The van der Waals surface area contributed by atoms with Gasteiger partial charge in [0.1, 0.15) is 6.61 Å². The Morgan fingerprint density at radius 3 is 2.27 bits per heavy atom. The molecule has 1 N–H and O–H groups in total. The second-order valence-corrected chi connectivity index (χ2v) is 7.53. The summed E-state index contributed by atoms with van der Waals surface area (Å²) in [6, 6.07) is 0. The molecule has 0 aliphatic heterocycles. The fourth-order valence-electron chi connectivity index (χ4n) is 2.69. The first kappa shape index (κ1) is 25.3. The summed E-state index contributed by atoms with van der Waals surface area (Å²) in [5, 5.41) is 2.48. The lowest BCUT2D eigenvalue weighted by Crippen LogP contribution is -2.29. The van der Waals surface area contributed by atoms with E-state index in [0.29, 0.717) is 6.61 Å². The standard InChI is InChI=1S/C24H33NO5/c1-17(2)8-6-9-18(3)10-7-11-19(4)14-24(28)25-20-15-22(27)23(16-21(20)26)30-13-12-29-5/h8,10,14-16H,6-7,9,11-13H2,1-5H3,(H,25,28). The van der Waals surface area contributed by atoms with Crippen molar-refractivity contribution >= 4 is 17.5 Å². The predicted molar refractivity (Wildman–Crippen MR) is 118 cm³/mol. The smallest absolute Gasteiger partial charge is 0.248 e. The molecule has 0 spiro atoms. The lowest BCUT2D eigenvalue weighted by molar-refractivity contribution is -0.120. The van der Waals surface area contributed by atoms with Crippen LogP contribution in [-0.2, 0) is 23.9 Å². The van der Waals surface area contributed by atoms with Gasteiger partial charge in [0.2, 0.25) is 17.5 Å². The molecule has 0 aromatic rings. The average Bonchev–Trinajstić information content (AvgIpc) is 2.65. The maximum Gasteiger partial charge on any atom is 0.248 e. The van der Waals surface area contributed by atoms with Gasteiger partial charge < -0.3 is 14.8 Å². The SMILES string of the molecule is COCCOC1=CC(=O)C(NC(=O)C=C(C)CCC=C(C)CCC=C(C)C)=CC1=O. The number of ether oxygens (including phenoxy) is 2. The third kappa shape index (κ3) is 10.2. The first-order valence-corrected chi connectivity index (χ1v) is 10.1. The quantitative estimate of drug-likeness (QED) is 0.225. The van der Waals surface area contributed by atoms with Crippen LogP contribution in [0.1, 0.15) is 53.4 Å². The van der Waals surface area contributed by atoms with Gasteiger partial charge in [-0.3, -0.25) is 14.4 Å².